The van der Waals surface area contributed by atoms with E-state index in [4.69, 9.17) is 0 Å². The molecule has 0 aliphatic carbocycles. The van der Waals surface area contributed by atoms with Crippen LogP contribution in [0.1, 0.15) is 28.4 Å². The Balaban J connectivity index is 2.24. The van der Waals surface area contributed by atoms with Crippen LogP contribution in [0.2, 0.25) is 0 Å². The van der Waals surface area contributed by atoms with Crippen LogP contribution >= 0.6 is 11.3 Å². The van der Waals surface area contributed by atoms with Crippen molar-refractivity contribution < 1.29 is 13.2 Å². The third-order valence-electron chi connectivity index (χ3n) is 2.61. The highest BCUT2D eigenvalue weighted by Gasteiger charge is 2.33. The normalized spacial score (nSPS) is 13.3. The van der Waals surface area contributed by atoms with Gasteiger partial charge in [0, 0.05) is 16.8 Å². The Morgan fingerprint density at radius 3 is 2.53 bits per heavy atom. The molecule has 1 unspecified atom stereocenters. The molecule has 1 N–H and O–H groups in total. The molecule has 0 spiro atoms. The Hall–Kier alpha value is -1.56. The molecular weight excluding hydrogens is 273 g/mol. The highest BCUT2D eigenvalue weighted by atomic mass is 32.1. The number of aryl methyl sites for hydroxylation is 1. The molecule has 1 aromatic heterocycles. The molecule has 0 amide bonds. The van der Waals surface area contributed by atoms with Crippen LogP contribution in [0.4, 0.5) is 18.9 Å². The van der Waals surface area contributed by atoms with Crippen LogP contribution in [0, 0.1) is 6.92 Å². The van der Waals surface area contributed by atoms with Crippen LogP contribution in [-0.4, -0.2) is 4.98 Å². The zero-order chi connectivity index (χ0) is 14.0. The number of nitrogens with one attached hydrogen (secondary N) is 1. The SMILES string of the molecule is Cc1cnc(C(C)Nc2ccccc2C(F)(F)F)s1. The molecule has 2 nitrogen and oxygen atoms in total. The van der Waals surface area contributed by atoms with Gasteiger partial charge >= 0.3 is 6.18 Å². The summed E-state index contributed by atoms with van der Waals surface area (Å²) in [5.74, 6) is 0. The minimum atomic E-state index is -4.36. The van der Waals surface area contributed by atoms with Gasteiger partial charge in [-0.2, -0.15) is 13.2 Å². The zero-order valence-corrected chi connectivity index (χ0v) is 11.3. The lowest BCUT2D eigenvalue weighted by atomic mass is 10.1. The minimum absolute atomic E-state index is 0.0790. The molecule has 0 radical (unpaired) electrons. The molecule has 0 saturated carbocycles. The molecule has 1 aromatic carbocycles. The molecule has 19 heavy (non-hydrogen) atoms. The molecule has 0 aliphatic rings. The maximum atomic E-state index is 12.9. The number of nitrogens with zero attached hydrogens (tertiary/aromatic N) is 1. The van der Waals surface area contributed by atoms with Crippen LogP contribution < -0.4 is 5.32 Å². The van der Waals surface area contributed by atoms with E-state index in [9.17, 15) is 13.2 Å². The van der Waals surface area contributed by atoms with E-state index < -0.39 is 11.7 Å². The predicted molar refractivity (Wildman–Crippen MR) is 70.3 cm³/mol. The van der Waals surface area contributed by atoms with E-state index in [0.29, 0.717) is 0 Å². The van der Waals surface area contributed by atoms with Crippen molar-refractivity contribution in [2.24, 2.45) is 0 Å². The second kappa shape index (κ2) is 5.21. The van der Waals surface area contributed by atoms with E-state index in [-0.39, 0.29) is 11.7 Å². The maximum Gasteiger partial charge on any atom is 0.418 e. The van der Waals surface area contributed by atoms with Crippen LogP contribution in [0.25, 0.3) is 0 Å². The number of alkyl halides is 3. The third kappa shape index (κ3) is 3.26. The first-order valence-electron chi connectivity index (χ1n) is 5.73. The first-order chi connectivity index (χ1) is 8.88. The second-order valence-corrected chi connectivity index (χ2v) is 5.48. The Kier molecular flexibility index (Phi) is 3.80. The van der Waals surface area contributed by atoms with Crippen molar-refractivity contribution in [2.45, 2.75) is 26.1 Å². The van der Waals surface area contributed by atoms with Gasteiger partial charge < -0.3 is 5.32 Å². The van der Waals surface area contributed by atoms with Crippen molar-refractivity contribution in [3.8, 4) is 0 Å². The summed E-state index contributed by atoms with van der Waals surface area (Å²) in [4.78, 5) is 5.21. The summed E-state index contributed by atoms with van der Waals surface area (Å²) in [6, 6.07) is 5.20. The average Bonchev–Trinajstić information content (AvgIpc) is 2.75. The fraction of sp³-hybridized carbons (Fsp3) is 0.308. The second-order valence-electron chi connectivity index (χ2n) is 4.22. The van der Waals surface area contributed by atoms with E-state index in [1.54, 1.807) is 19.2 Å². The predicted octanol–water partition coefficient (Wildman–Crippen LogP) is 4.64. The molecule has 6 heteroatoms. The van der Waals surface area contributed by atoms with Gasteiger partial charge in [0.25, 0.3) is 0 Å². The first-order valence-corrected chi connectivity index (χ1v) is 6.54. The average molecular weight is 286 g/mol. The summed E-state index contributed by atoms with van der Waals surface area (Å²) in [5.41, 5.74) is -0.578. The van der Waals surface area contributed by atoms with Gasteiger partial charge in [-0.3, -0.25) is 0 Å². The summed E-state index contributed by atoms with van der Waals surface area (Å²) in [6.07, 6.45) is -2.64. The number of hydrogen-bond donors (Lipinski definition) is 1. The Labute approximate surface area is 113 Å². The molecule has 0 saturated heterocycles. The number of benzene rings is 1. The Bertz CT molecular complexity index is 563. The highest BCUT2D eigenvalue weighted by Crippen LogP contribution is 2.36. The molecule has 2 aromatic rings. The molecular formula is C13H13F3N2S. The topological polar surface area (TPSA) is 24.9 Å². The monoisotopic (exact) mass is 286 g/mol. The van der Waals surface area contributed by atoms with Crippen molar-refractivity contribution >= 4 is 17.0 Å². The summed E-state index contributed by atoms with van der Waals surface area (Å²) in [7, 11) is 0. The quantitative estimate of drug-likeness (QED) is 0.888. The number of halogens is 3. The van der Waals surface area contributed by atoms with Crippen molar-refractivity contribution in [2.75, 3.05) is 5.32 Å². The highest BCUT2D eigenvalue weighted by molar-refractivity contribution is 7.11. The van der Waals surface area contributed by atoms with E-state index >= 15 is 0 Å². The summed E-state index contributed by atoms with van der Waals surface area (Å²) in [5, 5.41) is 3.65. The smallest absolute Gasteiger partial charge is 0.376 e. The first kappa shape index (κ1) is 13.9. The number of hydrogen-bond acceptors (Lipinski definition) is 3. The fourth-order valence-corrected chi connectivity index (χ4v) is 2.50. The summed E-state index contributed by atoms with van der Waals surface area (Å²) in [6.45, 7) is 3.71. The number of thiazole rings is 1. The molecule has 1 heterocycles. The van der Waals surface area contributed by atoms with Gasteiger partial charge in [0.15, 0.2) is 0 Å². The van der Waals surface area contributed by atoms with Gasteiger partial charge in [-0.15, -0.1) is 11.3 Å². The minimum Gasteiger partial charge on any atom is -0.376 e. The Morgan fingerprint density at radius 1 is 1.26 bits per heavy atom. The zero-order valence-electron chi connectivity index (χ0n) is 10.5. The Morgan fingerprint density at radius 2 is 1.95 bits per heavy atom. The third-order valence-corrected chi connectivity index (χ3v) is 3.71. The molecule has 0 fully saturated rings. The molecule has 1 atom stereocenters. The molecule has 0 aliphatic heterocycles. The van der Waals surface area contributed by atoms with Crippen molar-refractivity contribution in [1.82, 2.24) is 4.98 Å². The lowest BCUT2D eigenvalue weighted by Crippen LogP contribution is -2.13. The lowest BCUT2D eigenvalue weighted by Gasteiger charge is -2.17. The number of anilines is 1. The van der Waals surface area contributed by atoms with E-state index in [0.717, 1.165) is 16.0 Å². The van der Waals surface area contributed by atoms with Gasteiger partial charge in [-0.1, -0.05) is 12.1 Å². The van der Waals surface area contributed by atoms with Crippen LogP contribution in [0.15, 0.2) is 30.5 Å². The lowest BCUT2D eigenvalue weighted by molar-refractivity contribution is -0.137. The van der Waals surface area contributed by atoms with Crippen LogP contribution in [0.3, 0.4) is 0 Å². The fourth-order valence-electron chi connectivity index (χ4n) is 1.72. The number of aromatic nitrogens is 1. The van der Waals surface area contributed by atoms with Crippen molar-refractivity contribution in [1.29, 1.82) is 0 Å². The van der Waals surface area contributed by atoms with Gasteiger partial charge in [-0.25, -0.2) is 4.98 Å². The molecule has 102 valence electrons. The van der Waals surface area contributed by atoms with Crippen LogP contribution in [0.5, 0.6) is 0 Å². The maximum absolute atomic E-state index is 12.9. The molecule has 2 rings (SSSR count). The largest absolute Gasteiger partial charge is 0.418 e. The van der Waals surface area contributed by atoms with E-state index in [2.05, 4.69) is 10.3 Å². The van der Waals surface area contributed by atoms with E-state index in [1.165, 1.54) is 23.5 Å². The van der Waals surface area contributed by atoms with Crippen molar-refractivity contribution in [3.63, 3.8) is 0 Å². The van der Waals surface area contributed by atoms with Gasteiger partial charge in [0.05, 0.1) is 11.6 Å². The van der Waals surface area contributed by atoms with Gasteiger partial charge in [-0.05, 0) is 26.0 Å². The summed E-state index contributed by atoms with van der Waals surface area (Å²) < 4.78 is 38.6. The van der Waals surface area contributed by atoms with Crippen LogP contribution in [-0.2, 0) is 6.18 Å². The van der Waals surface area contributed by atoms with E-state index in [1.807, 2.05) is 6.92 Å². The van der Waals surface area contributed by atoms with Crippen molar-refractivity contribution in [3.05, 3.63) is 45.9 Å². The standard InChI is InChI=1S/C13H13F3N2S/c1-8-7-17-12(19-8)9(2)18-11-6-4-3-5-10(11)13(14,15)16/h3-7,9,18H,1-2H3. The number of para-hydroxylation sites is 1. The summed E-state index contributed by atoms with van der Waals surface area (Å²) >= 11 is 1.47. The molecule has 0 bridgehead atoms. The number of rotatable bonds is 3. The van der Waals surface area contributed by atoms with Gasteiger partial charge in [0.2, 0.25) is 0 Å². The van der Waals surface area contributed by atoms with Gasteiger partial charge in [0.1, 0.15) is 5.01 Å².